The molecule has 5 nitrogen and oxygen atoms in total. The monoisotopic (exact) mass is 242 g/mol. The molecule has 0 aromatic carbocycles. The molecule has 96 valence electrons. The van der Waals surface area contributed by atoms with Crippen LogP contribution < -0.4 is 0 Å². The second kappa shape index (κ2) is 5.80. The minimum absolute atomic E-state index is 0.0705. The number of hydrogen-bond donors (Lipinski definition) is 0. The van der Waals surface area contributed by atoms with Crippen LogP contribution in [0.3, 0.4) is 0 Å². The van der Waals surface area contributed by atoms with Crippen molar-refractivity contribution in [1.29, 1.82) is 0 Å². The van der Waals surface area contributed by atoms with Crippen molar-refractivity contribution in [2.45, 2.75) is 39.0 Å². The van der Waals surface area contributed by atoms with Crippen LogP contribution >= 0.6 is 0 Å². The number of ketones is 1. The van der Waals surface area contributed by atoms with Crippen molar-refractivity contribution in [2.75, 3.05) is 13.7 Å². The summed E-state index contributed by atoms with van der Waals surface area (Å²) >= 11 is 0. The van der Waals surface area contributed by atoms with Gasteiger partial charge < -0.3 is 9.47 Å². The summed E-state index contributed by atoms with van der Waals surface area (Å²) in [6.45, 7) is 1.94. The lowest BCUT2D eigenvalue weighted by Crippen LogP contribution is -2.37. The summed E-state index contributed by atoms with van der Waals surface area (Å²) in [5.41, 5.74) is -1.11. The fourth-order valence-electron chi connectivity index (χ4n) is 2.20. The van der Waals surface area contributed by atoms with E-state index in [9.17, 15) is 14.4 Å². The van der Waals surface area contributed by atoms with Gasteiger partial charge in [0.05, 0.1) is 13.7 Å². The molecule has 17 heavy (non-hydrogen) atoms. The van der Waals surface area contributed by atoms with Crippen LogP contribution in [-0.4, -0.2) is 31.4 Å². The standard InChI is InChI=1S/C12H18O5/c1-3-17-11(15)12(7-4-5-9(12)13)8-6-10(14)16-2/h3-8H2,1-2H3. The summed E-state index contributed by atoms with van der Waals surface area (Å²) in [6.07, 6.45) is 1.80. The number of carbonyl (C=O) groups is 3. The highest BCUT2D eigenvalue weighted by Crippen LogP contribution is 2.40. The number of rotatable bonds is 5. The molecule has 1 fully saturated rings. The first-order valence-corrected chi connectivity index (χ1v) is 5.84. The SMILES string of the molecule is CCOC(=O)C1(CCC(=O)OC)CCCC1=O. The molecule has 1 rings (SSSR count). The molecule has 0 spiro atoms. The van der Waals surface area contributed by atoms with E-state index in [0.29, 0.717) is 19.3 Å². The Morgan fingerprint density at radius 1 is 1.41 bits per heavy atom. The molecular weight excluding hydrogens is 224 g/mol. The van der Waals surface area contributed by atoms with E-state index >= 15 is 0 Å². The van der Waals surface area contributed by atoms with E-state index in [2.05, 4.69) is 4.74 Å². The zero-order valence-corrected chi connectivity index (χ0v) is 10.3. The third-order valence-electron chi connectivity index (χ3n) is 3.19. The van der Waals surface area contributed by atoms with Crippen molar-refractivity contribution in [2.24, 2.45) is 5.41 Å². The Kier molecular flexibility index (Phi) is 4.66. The normalized spacial score (nSPS) is 23.5. The zero-order valence-electron chi connectivity index (χ0n) is 10.3. The predicted molar refractivity (Wildman–Crippen MR) is 59.2 cm³/mol. The molecule has 0 saturated heterocycles. The highest BCUT2D eigenvalue weighted by Gasteiger charge is 2.49. The summed E-state index contributed by atoms with van der Waals surface area (Å²) in [5.74, 6) is -1.01. The third-order valence-corrected chi connectivity index (χ3v) is 3.19. The second-order valence-corrected chi connectivity index (χ2v) is 4.16. The van der Waals surface area contributed by atoms with Gasteiger partial charge in [0.1, 0.15) is 11.2 Å². The van der Waals surface area contributed by atoms with Crippen LogP contribution in [0, 0.1) is 5.41 Å². The Morgan fingerprint density at radius 2 is 2.12 bits per heavy atom. The van der Waals surface area contributed by atoms with Crippen molar-refractivity contribution in [1.82, 2.24) is 0 Å². The van der Waals surface area contributed by atoms with Crippen LogP contribution in [0.2, 0.25) is 0 Å². The van der Waals surface area contributed by atoms with Crippen LogP contribution in [0.5, 0.6) is 0 Å². The maximum absolute atomic E-state index is 11.9. The van der Waals surface area contributed by atoms with Crippen molar-refractivity contribution in [3.8, 4) is 0 Å². The average Bonchev–Trinajstić information content (AvgIpc) is 2.69. The number of esters is 2. The topological polar surface area (TPSA) is 69.7 Å². The summed E-state index contributed by atoms with van der Waals surface area (Å²) in [6, 6.07) is 0. The van der Waals surface area contributed by atoms with Crippen molar-refractivity contribution < 1.29 is 23.9 Å². The maximum atomic E-state index is 11.9. The first-order valence-electron chi connectivity index (χ1n) is 5.84. The molecule has 0 aromatic rings. The molecule has 1 aliphatic carbocycles. The van der Waals surface area contributed by atoms with Crippen molar-refractivity contribution in [3.63, 3.8) is 0 Å². The van der Waals surface area contributed by atoms with Crippen LogP contribution in [0.25, 0.3) is 0 Å². The summed E-state index contributed by atoms with van der Waals surface area (Å²) in [4.78, 5) is 34.9. The van der Waals surface area contributed by atoms with Gasteiger partial charge in [0.15, 0.2) is 0 Å². The van der Waals surface area contributed by atoms with Crippen molar-refractivity contribution in [3.05, 3.63) is 0 Å². The van der Waals surface area contributed by atoms with E-state index in [-0.39, 0.29) is 25.2 Å². The molecule has 0 N–H and O–H groups in total. The Labute approximate surface area is 100 Å². The van der Waals surface area contributed by atoms with Gasteiger partial charge in [-0.2, -0.15) is 0 Å². The fourth-order valence-corrected chi connectivity index (χ4v) is 2.20. The number of Topliss-reactive ketones (excluding diaryl/α,β-unsaturated/α-hetero) is 1. The Bertz CT molecular complexity index is 323. The van der Waals surface area contributed by atoms with E-state index < -0.39 is 17.4 Å². The van der Waals surface area contributed by atoms with E-state index in [4.69, 9.17) is 4.74 Å². The molecule has 0 amide bonds. The zero-order chi connectivity index (χ0) is 12.9. The molecule has 1 unspecified atom stereocenters. The van der Waals surface area contributed by atoms with Crippen molar-refractivity contribution >= 4 is 17.7 Å². The van der Waals surface area contributed by atoms with E-state index in [1.807, 2.05) is 0 Å². The smallest absolute Gasteiger partial charge is 0.319 e. The first kappa shape index (κ1) is 13.7. The fraction of sp³-hybridized carbons (Fsp3) is 0.750. The van der Waals surface area contributed by atoms with Gasteiger partial charge in [0.25, 0.3) is 0 Å². The van der Waals surface area contributed by atoms with Crippen LogP contribution in [0.15, 0.2) is 0 Å². The molecule has 0 radical (unpaired) electrons. The second-order valence-electron chi connectivity index (χ2n) is 4.16. The molecule has 5 heteroatoms. The molecule has 0 aromatic heterocycles. The molecule has 1 aliphatic rings. The molecule has 0 aliphatic heterocycles. The van der Waals surface area contributed by atoms with Crippen LogP contribution in [0.4, 0.5) is 0 Å². The predicted octanol–water partition coefficient (Wildman–Crippen LogP) is 1.24. The number of hydrogen-bond acceptors (Lipinski definition) is 5. The minimum Gasteiger partial charge on any atom is -0.469 e. The highest BCUT2D eigenvalue weighted by molar-refractivity contribution is 6.05. The molecule has 0 heterocycles. The Morgan fingerprint density at radius 3 is 2.59 bits per heavy atom. The van der Waals surface area contributed by atoms with E-state index in [0.717, 1.165) is 0 Å². The largest absolute Gasteiger partial charge is 0.469 e. The van der Waals surface area contributed by atoms with E-state index in [1.54, 1.807) is 6.92 Å². The Hall–Kier alpha value is -1.39. The number of ether oxygens (including phenoxy) is 2. The summed E-state index contributed by atoms with van der Waals surface area (Å²) in [7, 11) is 1.29. The van der Waals surface area contributed by atoms with Gasteiger partial charge in [-0.25, -0.2) is 0 Å². The maximum Gasteiger partial charge on any atom is 0.319 e. The molecular formula is C12H18O5. The van der Waals surface area contributed by atoms with Crippen LogP contribution in [-0.2, 0) is 23.9 Å². The lowest BCUT2D eigenvalue weighted by Gasteiger charge is -2.24. The lowest BCUT2D eigenvalue weighted by molar-refractivity contribution is -0.159. The number of methoxy groups -OCH3 is 1. The number of carbonyl (C=O) groups excluding carboxylic acids is 3. The summed E-state index contributed by atoms with van der Waals surface area (Å²) < 4.78 is 9.48. The first-order chi connectivity index (χ1) is 8.06. The van der Waals surface area contributed by atoms with Gasteiger partial charge in [-0.15, -0.1) is 0 Å². The average molecular weight is 242 g/mol. The Balaban J connectivity index is 2.76. The van der Waals surface area contributed by atoms with E-state index in [1.165, 1.54) is 7.11 Å². The van der Waals surface area contributed by atoms with Gasteiger partial charge in [0, 0.05) is 12.8 Å². The minimum atomic E-state index is -1.11. The molecule has 0 bridgehead atoms. The van der Waals surface area contributed by atoms with Gasteiger partial charge in [-0.05, 0) is 26.2 Å². The van der Waals surface area contributed by atoms with Crippen LogP contribution in [0.1, 0.15) is 39.0 Å². The summed E-state index contributed by atoms with van der Waals surface area (Å²) in [5, 5.41) is 0. The lowest BCUT2D eigenvalue weighted by atomic mass is 9.80. The third kappa shape index (κ3) is 2.84. The quantitative estimate of drug-likeness (QED) is 0.536. The molecule has 1 saturated carbocycles. The van der Waals surface area contributed by atoms with Gasteiger partial charge >= 0.3 is 11.9 Å². The van der Waals surface area contributed by atoms with Gasteiger partial charge in [-0.3, -0.25) is 14.4 Å². The van der Waals surface area contributed by atoms with Gasteiger partial charge in [-0.1, -0.05) is 0 Å². The van der Waals surface area contributed by atoms with Gasteiger partial charge in [0.2, 0.25) is 0 Å². The highest BCUT2D eigenvalue weighted by atomic mass is 16.5. The molecule has 1 atom stereocenters.